The van der Waals surface area contributed by atoms with E-state index in [0.29, 0.717) is 0 Å². The first-order chi connectivity index (χ1) is 8.40. The number of hydrogen-bond donors (Lipinski definition) is 4. The largest absolute Gasteiger partial charge is 0.503 e. The van der Waals surface area contributed by atoms with Crippen LogP contribution in [0.25, 0.3) is 0 Å². The van der Waals surface area contributed by atoms with Crippen LogP contribution < -0.4 is 16.2 Å². The van der Waals surface area contributed by atoms with Crippen molar-refractivity contribution < 1.29 is 41.3 Å². The summed E-state index contributed by atoms with van der Waals surface area (Å²) < 4.78 is 77.2. The van der Waals surface area contributed by atoms with Gasteiger partial charge in [-0.2, -0.15) is 26.3 Å². The number of ether oxygens (including phenoxy) is 1. The molecule has 1 aromatic rings. The molecule has 1 aromatic carbocycles. The Balaban J connectivity index is 3.39. The molecule has 0 unspecified atom stereocenters. The van der Waals surface area contributed by atoms with Gasteiger partial charge in [-0.3, -0.25) is 0 Å². The quantitative estimate of drug-likeness (QED) is 0.289. The van der Waals surface area contributed by atoms with Crippen LogP contribution in [-0.2, 0) is 0 Å². The maximum atomic E-state index is 13.0. The van der Waals surface area contributed by atoms with E-state index in [9.17, 15) is 26.3 Å². The average molecular weight is 292 g/mol. The fourth-order valence-electron chi connectivity index (χ4n) is 1.00. The van der Waals surface area contributed by atoms with Crippen molar-refractivity contribution in [3.05, 3.63) is 5.82 Å². The van der Waals surface area contributed by atoms with Gasteiger partial charge in [0.1, 0.15) is 11.4 Å². The molecule has 0 saturated heterocycles. The van der Waals surface area contributed by atoms with Crippen LogP contribution in [0.1, 0.15) is 0 Å². The second-order valence-electron chi connectivity index (χ2n) is 3.28. The summed E-state index contributed by atoms with van der Waals surface area (Å²) in [5.74, 6) is -6.50. The van der Waals surface area contributed by atoms with Gasteiger partial charge in [-0.15, -0.1) is 0 Å². The standard InChI is InChI=1S/C8H6F6N2O3/c9-1-4(17)2(15)6(3(16)5(1)18)19-8(13,14)7(10,11)12/h17-18H,15-16H2. The lowest BCUT2D eigenvalue weighted by molar-refractivity contribution is -0.360. The van der Waals surface area contributed by atoms with Gasteiger partial charge >= 0.3 is 12.3 Å². The summed E-state index contributed by atoms with van der Waals surface area (Å²) in [6.45, 7) is 0. The number of aromatic hydroxyl groups is 2. The van der Waals surface area contributed by atoms with E-state index in [0.717, 1.165) is 0 Å². The van der Waals surface area contributed by atoms with Crippen LogP contribution in [0, 0.1) is 5.82 Å². The van der Waals surface area contributed by atoms with Crippen LogP contribution >= 0.6 is 0 Å². The van der Waals surface area contributed by atoms with Gasteiger partial charge in [0.2, 0.25) is 5.82 Å². The van der Waals surface area contributed by atoms with Gasteiger partial charge in [0.05, 0.1) is 0 Å². The van der Waals surface area contributed by atoms with E-state index < -0.39 is 46.7 Å². The molecule has 0 aromatic heterocycles. The molecule has 0 aliphatic heterocycles. The zero-order valence-electron chi connectivity index (χ0n) is 8.73. The molecule has 0 spiro atoms. The lowest BCUT2D eigenvalue weighted by Gasteiger charge is -2.22. The van der Waals surface area contributed by atoms with E-state index in [1.54, 1.807) is 0 Å². The molecule has 0 atom stereocenters. The number of benzene rings is 1. The molecule has 0 amide bonds. The third-order valence-corrected chi connectivity index (χ3v) is 1.98. The van der Waals surface area contributed by atoms with E-state index in [1.165, 1.54) is 0 Å². The Morgan fingerprint density at radius 2 is 1.26 bits per heavy atom. The second-order valence-corrected chi connectivity index (χ2v) is 3.28. The van der Waals surface area contributed by atoms with E-state index in [4.69, 9.17) is 21.7 Å². The van der Waals surface area contributed by atoms with Crippen molar-refractivity contribution >= 4 is 11.4 Å². The molecule has 0 heterocycles. The highest BCUT2D eigenvalue weighted by molar-refractivity contribution is 5.78. The smallest absolute Gasteiger partial charge is 0.499 e. The Labute approximate surface area is 101 Å². The number of phenolic OH excluding ortho intramolecular Hbond substituents is 2. The van der Waals surface area contributed by atoms with Crippen LogP contribution in [0.4, 0.5) is 37.7 Å². The lowest BCUT2D eigenvalue weighted by atomic mass is 10.2. The van der Waals surface area contributed by atoms with Crippen LogP contribution in [-0.4, -0.2) is 22.5 Å². The third kappa shape index (κ3) is 2.35. The number of alkyl halides is 5. The second kappa shape index (κ2) is 4.17. The fourth-order valence-corrected chi connectivity index (χ4v) is 1.00. The molecule has 6 N–H and O–H groups in total. The van der Waals surface area contributed by atoms with Crippen molar-refractivity contribution in [1.82, 2.24) is 0 Å². The molecular formula is C8H6F6N2O3. The molecule has 5 nitrogen and oxygen atoms in total. The lowest BCUT2D eigenvalue weighted by Crippen LogP contribution is -2.42. The topological polar surface area (TPSA) is 102 Å². The van der Waals surface area contributed by atoms with Crippen molar-refractivity contribution in [2.45, 2.75) is 12.3 Å². The predicted molar refractivity (Wildman–Crippen MR) is 50.2 cm³/mol. The van der Waals surface area contributed by atoms with E-state index in [1.807, 2.05) is 0 Å². The maximum absolute atomic E-state index is 13.0. The molecule has 0 aliphatic carbocycles. The van der Waals surface area contributed by atoms with E-state index in [2.05, 4.69) is 4.74 Å². The first-order valence-corrected chi connectivity index (χ1v) is 4.32. The van der Waals surface area contributed by atoms with Crippen molar-refractivity contribution in [3.63, 3.8) is 0 Å². The Morgan fingerprint density at radius 3 is 1.58 bits per heavy atom. The van der Waals surface area contributed by atoms with Crippen molar-refractivity contribution in [2.24, 2.45) is 0 Å². The number of nitrogen functional groups attached to an aromatic ring is 2. The van der Waals surface area contributed by atoms with Gasteiger partial charge in [-0.05, 0) is 0 Å². The molecule has 0 bridgehead atoms. The van der Waals surface area contributed by atoms with Crippen LogP contribution in [0.2, 0.25) is 0 Å². The molecular weight excluding hydrogens is 286 g/mol. The normalized spacial score (nSPS) is 12.5. The van der Waals surface area contributed by atoms with Gasteiger partial charge in [-0.25, -0.2) is 0 Å². The predicted octanol–water partition coefficient (Wildman–Crippen LogP) is 1.94. The highest BCUT2D eigenvalue weighted by Crippen LogP contribution is 2.48. The molecule has 11 heteroatoms. The van der Waals surface area contributed by atoms with Crippen LogP contribution in [0.15, 0.2) is 0 Å². The molecule has 0 aliphatic rings. The number of nitrogens with two attached hydrogens (primary N) is 2. The van der Waals surface area contributed by atoms with Gasteiger partial charge in [0.25, 0.3) is 0 Å². The monoisotopic (exact) mass is 292 g/mol. The Kier molecular flexibility index (Phi) is 3.26. The summed E-state index contributed by atoms with van der Waals surface area (Å²) in [5, 5.41) is 17.9. The first-order valence-electron chi connectivity index (χ1n) is 4.32. The number of rotatable bonds is 2. The zero-order valence-corrected chi connectivity index (χ0v) is 8.73. The van der Waals surface area contributed by atoms with Gasteiger partial charge in [-0.1, -0.05) is 0 Å². The van der Waals surface area contributed by atoms with Crippen LogP contribution in [0.5, 0.6) is 17.2 Å². The van der Waals surface area contributed by atoms with E-state index in [-0.39, 0.29) is 0 Å². The van der Waals surface area contributed by atoms with Gasteiger partial charge in [0, 0.05) is 0 Å². The highest BCUT2D eigenvalue weighted by atomic mass is 19.4. The zero-order chi connectivity index (χ0) is 15.2. The SMILES string of the molecule is Nc1c(O)c(F)c(O)c(N)c1OC(F)(F)C(F)(F)F. The molecule has 0 radical (unpaired) electrons. The number of hydrogen-bond acceptors (Lipinski definition) is 5. The molecule has 0 fully saturated rings. The minimum atomic E-state index is -6.11. The van der Waals surface area contributed by atoms with Gasteiger partial charge in [0.15, 0.2) is 17.2 Å². The number of phenols is 2. The maximum Gasteiger partial charge on any atom is 0.499 e. The Bertz CT molecular complexity index is 487. The van der Waals surface area contributed by atoms with E-state index >= 15 is 0 Å². The van der Waals surface area contributed by atoms with Crippen molar-refractivity contribution in [1.29, 1.82) is 0 Å². The average Bonchev–Trinajstić information content (AvgIpc) is 2.28. The summed E-state index contributed by atoms with van der Waals surface area (Å²) in [4.78, 5) is 0. The molecule has 1 rings (SSSR count). The Hall–Kier alpha value is -2.20. The Morgan fingerprint density at radius 1 is 0.895 bits per heavy atom. The molecule has 0 saturated carbocycles. The van der Waals surface area contributed by atoms with Crippen LogP contribution in [0.3, 0.4) is 0 Å². The summed E-state index contributed by atoms with van der Waals surface area (Å²) in [7, 11) is 0. The summed E-state index contributed by atoms with van der Waals surface area (Å²) in [6.07, 6.45) is -11.8. The van der Waals surface area contributed by atoms with Crippen molar-refractivity contribution in [3.8, 4) is 17.2 Å². The minimum absolute atomic E-state index is 1.31. The fraction of sp³-hybridized carbons (Fsp3) is 0.250. The summed E-state index contributed by atoms with van der Waals surface area (Å²) in [6, 6.07) is 0. The number of anilines is 2. The van der Waals surface area contributed by atoms with Crippen molar-refractivity contribution in [2.75, 3.05) is 11.5 Å². The summed E-state index contributed by atoms with van der Waals surface area (Å²) in [5.41, 5.74) is 7.18. The third-order valence-electron chi connectivity index (χ3n) is 1.98. The minimum Gasteiger partial charge on any atom is -0.503 e. The molecule has 19 heavy (non-hydrogen) atoms. The summed E-state index contributed by atoms with van der Waals surface area (Å²) >= 11 is 0. The number of halogens is 6. The highest BCUT2D eigenvalue weighted by Gasteiger charge is 2.61. The first kappa shape index (κ1) is 14.9. The molecule has 108 valence electrons. The van der Waals surface area contributed by atoms with Gasteiger partial charge < -0.3 is 26.4 Å².